The Hall–Kier alpha value is -2.92. The first kappa shape index (κ1) is 18.4. The van der Waals surface area contributed by atoms with Gasteiger partial charge in [-0.25, -0.2) is 9.97 Å². The number of carbonyl (C=O) groups excluding carboxylic acids is 1. The van der Waals surface area contributed by atoms with Crippen LogP contribution in [0, 0.1) is 5.92 Å². The lowest BCUT2D eigenvalue weighted by atomic mass is 9.90. The topological polar surface area (TPSA) is 59.0 Å². The summed E-state index contributed by atoms with van der Waals surface area (Å²) >= 11 is 0. The third kappa shape index (κ3) is 4.67. The fraction of sp³-hybridized carbons (Fsp3) is 0.304. The van der Waals surface area contributed by atoms with Crippen LogP contribution >= 0.6 is 0 Å². The first-order chi connectivity index (χ1) is 13.8. The molecule has 1 aliphatic rings. The second-order valence-electron chi connectivity index (χ2n) is 7.33. The minimum Gasteiger partial charge on any atom is -0.299 e. The summed E-state index contributed by atoms with van der Waals surface area (Å²) in [4.78, 5) is 28.3. The number of hydrogen-bond donors (Lipinski definition) is 0. The van der Waals surface area contributed by atoms with Gasteiger partial charge in [-0.05, 0) is 37.1 Å². The van der Waals surface area contributed by atoms with E-state index < -0.39 is 0 Å². The summed E-state index contributed by atoms with van der Waals surface area (Å²) in [6.45, 7) is 2.60. The van der Waals surface area contributed by atoms with Gasteiger partial charge in [0.1, 0.15) is 11.5 Å². The van der Waals surface area contributed by atoms with Gasteiger partial charge in [-0.1, -0.05) is 36.4 Å². The highest BCUT2D eigenvalue weighted by Gasteiger charge is 2.25. The molecule has 0 unspecified atom stereocenters. The summed E-state index contributed by atoms with van der Waals surface area (Å²) in [6.07, 6.45) is 8.04. The number of aromatic nitrogens is 3. The lowest BCUT2D eigenvalue weighted by molar-refractivity contribution is -0.123. The van der Waals surface area contributed by atoms with Crippen molar-refractivity contribution in [3.05, 3.63) is 78.2 Å². The van der Waals surface area contributed by atoms with E-state index in [1.54, 1.807) is 6.20 Å². The quantitative estimate of drug-likeness (QED) is 0.662. The maximum Gasteiger partial charge on any atom is 0.178 e. The average molecular weight is 372 g/mol. The number of piperidine rings is 1. The zero-order chi connectivity index (χ0) is 19.2. The third-order valence-corrected chi connectivity index (χ3v) is 5.19. The molecule has 5 heteroatoms. The number of hydrogen-bond acceptors (Lipinski definition) is 5. The molecule has 3 aromatic rings. The molecule has 0 saturated carbocycles. The molecule has 0 bridgehead atoms. The number of Topliss-reactive ketones (excluding diaryl/α,β-unsaturated/α-hetero) is 1. The molecule has 4 rings (SSSR count). The number of pyridine rings is 1. The molecule has 1 fully saturated rings. The molecule has 0 amide bonds. The van der Waals surface area contributed by atoms with E-state index in [1.807, 2.05) is 60.9 Å². The summed E-state index contributed by atoms with van der Waals surface area (Å²) in [6, 6.07) is 15.7. The first-order valence-electron chi connectivity index (χ1n) is 9.79. The van der Waals surface area contributed by atoms with Crippen LogP contribution in [0.2, 0.25) is 0 Å². The predicted octanol–water partition coefficient (Wildman–Crippen LogP) is 3.56. The molecule has 0 aliphatic carbocycles. The Morgan fingerprint density at radius 2 is 1.75 bits per heavy atom. The zero-order valence-corrected chi connectivity index (χ0v) is 15.9. The van der Waals surface area contributed by atoms with Crippen LogP contribution in [0.3, 0.4) is 0 Å². The minimum atomic E-state index is 0.114. The van der Waals surface area contributed by atoms with Gasteiger partial charge in [0, 0.05) is 49.6 Å². The van der Waals surface area contributed by atoms with E-state index in [-0.39, 0.29) is 5.92 Å². The fourth-order valence-electron chi connectivity index (χ4n) is 3.73. The summed E-state index contributed by atoms with van der Waals surface area (Å²) < 4.78 is 0. The fourth-order valence-corrected chi connectivity index (χ4v) is 3.73. The predicted molar refractivity (Wildman–Crippen MR) is 108 cm³/mol. The molecule has 1 aromatic carbocycles. The second-order valence-corrected chi connectivity index (χ2v) is 7.33. The Morgan fingerprint density at radius 1 is 0.964 bits per heavy atom. The van der Waals surface area contributed by atoms with Gasteiger partial charge in [0.05, 0.1) is 0 Å². The minimum absolute atomic E-state index is 0.114. The van der Waals surface area contributed by atoms with Crippen LogP contribution in [-0.4, -0.2) is 38.7 Å². The van der Waals surface area contributed by atoms with Crippen LogP contribution in [0.15, 0.2) is 67.1 Å². The van der Waals surface area contributed by atoms with E-state index in [0.29, 0.717) is 18.0 Å². The van der Waals surface area contributed by atoms with Crippen LogP contribution in [0.5, 0.6) is 0 Å². The summed E-state index contributed by atoms with van der Waals surface area (Å²) in [5, 5.41) is 0. The first-order valence-corrected chi connectivity index (χ1v) is 9.79. The molecule has 2 aromatic heterocycles. The van der Waals surface area contributed by atoms with Crippen molar-refractivity contribution in [3.8, 4) is 11.5 Å². The van der Waals surface area contributed by atoms with E-state index in [0.717, 1.165) is 49.3 Å². The van der Waals surface area contributed by atoms with Gasteiger partial charge in [0.2, 0.25) is 0 Å². The molecular weight excluding hydrogens is 348 g/mol. The molecule has 0 N–H and O–H groups in total. The Bertz CT molecular complexity index is 897. The number of likely N-dealkylation sites (tertiary alicyclic amines) is 1. The maximum absolute atomic E-state index is 12.7. The Labute approximate surface area is 165 Å². The van der Waals surface area contributed by atoms with E-state index in [2.05, 4.69) is 19.9 Å². The van der Waals surface area contributed by atoms with E-state index in [4.69, 9.17) is 0 Å². The van der Waals surface area contributed by atoms with Crippen LogP contribution in [-0.2, 0) is 17.8 Å². The van der Waals surface area contributed by atoms with Crippen molar-refractivity contribution in [2.24, 2.45) is 5.92 Å². The van der Waals surface area contributed by atoms with Crippen molar-refractivity contribution in [1.82, 2.24) is 19.9 Å². The van der Waals surface area contributed by atoms with Gasteiger partial charge in [-0.2, -0.15) is 0 Å². The van der Waals surface area contributed by atoms with Gasteiger partial charge in [-0.3, -0.25) is 14.7 Å². The van der Waals surface area contributed by atoms with Gasteiger partial charge in [-0.15, -0.1) is 0 Å². The van der Waals surface area contributed by atoms with Crippen LogP contribution in [0.1, 0.15) is 24.0 Å². The molecule has 142 valence electrons. The molecule has 0 radical (unpaired) electrons. The molecule has 1 atom stereocenters. The van der Waals surface area contributed by atoms with Crippen molar-refractivity contribution in [1.29, 1.82) is 0 Å². The Kier molecular flexibility index (Phi) is 5.83. The van der Waals surface area contributed by atoms with Crippen LogP contribution in [0.25, 0.3) is 11.5 Å². The smallest absolute Gasteiger partial charge is 0.178 e. The summed E-state index contributed by atoms with van der Waals surface area (Å²) in [7, 11) is 0. The van der Waals surface area contributed by atoms with Crippen LogP contribution < -0.4 is 0 Å². The summed E-state index contributed by atoms with van der Waals surface area (Å²) in [5.41, 5.74) is 2.94. The molecule has 3 heterocycles. The van der Waals surface area contributed by atoms with Crippen molar-refractivity contribution in [2.75, 3.05) is 13.1 Å². The van der Waals surface area contributed by atoms with E-state index >= 15 is 0 Å². The van der Waals surface area contributed by atoms with Gasteiger partial charge < -0.3 is 0 Å². The van der Waals surface area contributed by atoms with Crippen molar-refractivity contribution in [3.63, 3.8) is 0 Å². The third-order valence-electron chi connectivity index (χ3n) is 5.19. The normalized spacial score (nSPS) is 17.4. The highest BCUT2D eigenvalue weighted by molar-refractivity contribution is 5.83. The number of ketones is 1. The molecule has 28 heavy (non-hydrogen) atoms. The zero-order valence-electron chi connectivity index (χ0n) is 15.9. The Morgan fingerprint density at radius 3 is 2.50 bits per heavy atom. The Balaban J connectivity index is 1.35. The molecule has 0 spiro atoms. The number of carbonyl (C=O) groups is 1. The molecule has 1 saturated heterocycles. The van der Waals surface area contributed by atoms with Crippen LogP contribution in [0.4, 0.5) is 0 Å². The monoisotopic (exact) mass is 372 g/mol. The summed E-state index contributed by atoms with van der Waals surface area (Å²) in [5.74, 6) is 1.10. The van der Waals surface area contributed by atoms with Gasteiger partial charge >= 0.3 is 0 Å². The van der Waals surface area contributed by atoms with Crippen molar-refractivity contribution >= 4 is 5.78 Å². The van der Waals surface area contributed by atoms with Gasteiger partial charge in [0.25, 0.3) is 0 Å². The SMILES string of the molecule is O=C(Cc1ccccc1)[C@@H]1CCCN(Cc2cnc(-c3ccccn3)nc2)C1. The number of benzene rings is 1. The highest BCUT2D eigenvalue weighted by atomic mass is 16.1. The van der Waals surface area contributed by atoms with Crippen molar-refractivity contribution in [2.45, 2.75) is 25.8 Å². The lowest BCUT2D eigenvalue weighted by Gasteiger charge is -2.31. The largest absolute Gasteiger partial charge is 0.299 e. The van der Waals surface area contributed by atoms with Crippen molar-refractivity contribution < 1.29 is 4.79 Å². The average Bonchev–Trinajstić information content (AvgIpc) is 2.76. The molecule has 1 aliphatic heterocycles. The number of nitrogens with zero attached hydrogens (tertiary/aromatic N) is 4. The molecule has 5 nitrogen and oxygen atoms in total. The van der Waals surface area contributed by atoms with Gasteiger partial charge in [0.15, 0.2) is 5.82 Å². The highest BCUT2D eigenvalue weighted by Crippen LogP contribution is 2.21. The van der Waals surface area contributed by atoms with E-state index in [9.17, 15) is 4.79 Å². The standard InChI is InChI=1S/C23H24N4O/c28-22(13-18-7-2-1-3-8-18)20-9-6-12-27(17-20)16-19-14-25-23(26-15-19)21-10-4-5-11-24-21/h1-5,7-8,10-11,14-15,20H,6,9,12-13,16-17H2/t20-/m1/s1. The number of rotatable bonds is 6. The maximum atomic E-state index is 12.7. The lowest BCUT2D eigenvalue weighted by Crippen LogP contribution is -2.38. The molecular formula is C23H24N4O. The second kappa shape index (κ2) is 8.85. The van der Waals surface area contributed by atoms with E-state index in [1.165, 1.54) is 0 Å².